The van der Waals surface area contributed by atoms with E-state index in [1.54, 1.807) is 12.1 Å². The summed E-state index contributed by atoms with van der Waals surface area (Å²) in [6.07, 6.45) is -4.83. The molecule has 2 aliphatic heterocycles. The molecule has 0 amide bonds. The van der Waals surface area contributed by atoms with Gasteiger partial charge in [0, 0.05) is 18.0 Å². The number of carboxylic acid groups (broad SMARTS) is 2. The average Bonchev–Trinajstić information content (AvgIpc) is 3.25. The topological polar surface area (TPSA) is 189 Å². The Hall–Kier alpha value is -3.68. The van der Waals surface area contributed by atoms with Crippen LogP contribution in [0.25, 0.3) is 0 Å². The molecule has 1 fully saturated rings. The summed E-state index contributed by atoms with van der Waals surface area (Å²) in [5.74, 6) is -4.77. The molecule has 1 aromatic rings. The van der Waals surface area contributed by atoms with Crippen molar-refractivity contribution in [3.05, 3.63) is 35.1 Å². The van der Waals surface area contributed by atoms with Gasteiger partial charge in [-0.15, -0.1) is 0 Å². The zero-order chi connectivity index (χ0) is 29.6. The van der Waals surface area contributed by atoms with Gasteiger partial charge >= 0.3 is 23.9 Å². The fraction of sp³-hybridized carbons (Fsp3) is 0.556. The number of aryl methyl sites for hydroxylation is 1. The standard InChI is InChI=1S/C27H33NO12/c1-13-5-6-16(37-4)22-21(13)26-9-10-28(3)14(2)27(26,36)8-7-17(23(26)40-22)38-20(32)11-15(29)25(35)39-18(24(33)34)12-19(30)31/h5-7,14-15,18,23,29,36H,8-12H2,1-4H3,(H,30,31)(H,33,34)/t14-,15+,18-,23+,26+,27-/m1/s1. The van der Waals surface area contributed by atoms with Crippen molar-refractivity contribution in [2.75, 3.05) is 20.7 Å². The number of likely N-dealkylation sites (tertiary alicyclic amines) is 1. The maximum absolute atomic E-state index is 12.8. The van der Waals surface area contributed by atoms with Crippen LogP contribution in [0, 0.1) is 6.92 Å². The predicted molar refractivity (Wildman–Crippen MR) is 135 cm³/mol. The molecule has 1 aromatic carbocycles. The molecule has 0 radical (unpaired) electrons. The number of aliphatic hydroxyl groups is 2. The number of rotatable bonds is 9. The zero-order valence-corrected chi connectivity index (χ0v) is 22.6. The van der Waals surface area contributed by atoms with Crippen molar-refractivity contribution >= 4 is 23.9 Å². The highest BCUT2D eigenvalue weighted by Gasteiger charge is 2.69. The lowest BCUT2D eigenvalue weighted by molar-refractivity contribution is -0.175. The Morgan fingerprint density at radius 1 is 1.20 bits per heavy atom. The smallest absolute Gasteiger partial charge is 0.345 e. The van der Waals surface area contributed by atoms with Crippen LogP contribution in [0.2, 0.25) is 0 Å². The molecule has 13 nitrogen and oxygen atoms in total. The van der Waals surface area contributed by atoms with E-state index in [2.05, 4.69) is 9.64 Å². The monoisotopic (exact) mass is 563 g/mol. The molecule has 218 valence electrons. The van der Waals surface area contributed by atoms with Gasteiger partial charge in [-0.05, 0) is 51.6 Å². The SMILES string of the molecule is COc1ccc(C)c2c1O[C@H]1C(OC(=O)C[C@H](O)C(=O)O[C@H](CC(=O)O)C(=O)O)=CC[C@@]3(O)[C@@H](C)N(C)CC[C@]213. The number of fused-ring (bicyclic) bond motifs is 1. The van der Waals surface area contributed by atoms with Crippen molar-refractivity contribution in [2.45, 2.75) is 74.9 Å². The summed E-state index contributed by atoms with van der Waals surface area (Å²) in [6.45, 7) is 4.45. The van der Waals surface area contributed by atoms with Gasteiger partial charge in [0.15, 0.2) is 23.7 Å². The van der Waals surface area contributed by atoms with Crippen LogP contribution in [0.3, 0.4) is 0 Å². The number of hydrogen-bond donors (Lipinski definition) is 4. The van der Waals surface area contributed by atoms with E-state index in [1.807, 2.05) is 27.0 Å². The van der Waals surface area contributed by atoms with Crippen LogP contribution >= 0.6 is 0 Å². The van der Waals surface area contributed by atoms with Gasteiger partial charge in [0.25, 0.3) is 0 Å². The molecule has 1 aliphatic carbocycles. The molecule has 13 heteroatoms. The molecule has 6 atom stereocenters. The van der Waals surface area contributed by atoms with Gasteiger partial charge < -0.3 is 44.3 Å². The van der Waals surface area contributed by atoms with E-state index >= 15 is 0 Å². The van der Waals surface area contributed by atoms with Crippen molar-refractivity contribution < 1.29 is 58.6 Å². The molecular formula is C27H33NO12. The molecule has 1 saturated heterocycles. The molecule has 0 saturated carbocycles. The van der Waals surface area contributed by atoms with Crippen LogP contribution in [0.4, 0.5) is 0 Å². The van der Waals surface area contributed by atoms with Crippen LogP contribution in [0.5, 0.6) is 11.5 Å². The lowest BCUT2D eigenvalue weighted by atomic mass is 9.54. The minimum absolute atomic E-state index is 0.0962. The summed E-state index contributed by atoms with van der Waals surface area (Å²) in [7, 11) is 3.42. The van der Waals surface area contributed by atoms with E-state index < -0.39 is 66.0 Å². The number of aliphatic carboxylic acids is 2. The number of aliphatic hydroxyl groups excluding tert-OH is 1. The Labute approximate surface area is 229 Å². The zero-order valence-electron chi connectivity index (χ0n) is 22.6. The number of carbonyl (C=O) groups is 4. The molecular weight excluding hydrogens is 530 g/mol. The molecule has 0 aromatic heterocycles. The Bertz CT molecular complexity index is 1260. The second kappa shape index (κ2) is 10.7. The number of hydrogen-bond acceptors (Lipinski definition) is 11. The van der Waals surface area contributed by atoms with E-state index in [4.69, 9.17) is 24.4 Å². The van der Waals surface area contributed by atoms with Crippen LogP contribution in [0.15, 0.2) is 24.0 Å². The summed E-state index contributed by atoms with van der Waals surface area (Å²) >= 11 is 0. The number of ether oxygens (including phenoxy) is 4. The van der Waals surface area contributed by atoms with Gasteiger partial charge in [-0.1, -0.05) is 6.07 Å². The van der Waals surface area contributed by atoms with Gasteiger partial charge in [-0.3, -0.25) is 9.59 Å². The van der Waals surface area contributed by atoms with E-state index in [-0.39, 0.29) is 18.2 Å². The first-order chi connectivity index (χ1) is 18.8. The number of methoxy groups -OCH3 is 1. The summed E-state index contributed by atoms with van der Waals surface area (Å²) in [6, 6.07) is 3.34. The normalized spacial score (nSPS) is 28.5. The van der Waals surface area contributed by atoms with E-state index in [1.165, 1.54) is 7.11 Å². The van der Waals surface area contributed by atoms with E-state index in [0.29, 0.717) is 24.5 Å². The maximum atomic E-state index is 12.8. The highest BCUT2D eigenvalue weighted by Crippen LogP contribution is 2.62. The number of esters is 2. The Morgan fingerprint density at radius 2 is 1.90 bits per heavy atom. The van der Waals surface area contributed by atoms with Crippen molar-refractivity contribution in [1.29, 1.82) is 0 Å². The predicted octanol–water partition coefficient (Wildman–Crippen LogP) is 0.510. The van der Waals surface area contributed by atoms with Crippen LogP contribution < -0.4 is 9.47 Å². The van der Waals surface area contributed by atoms with Crippen molar-refractivity contribution in [2.24, 2.45) is 0 Å². The molecule has 40 heavy (non-hydrogen) atoms. The number of likely N-dealkylation sites (N-methyl/N-ethyl adjacent to an activating group) is 1. The maximum Gasteiger partial charge on any atom is 0.345 e. The highest BCUT2D eigenvalue weighted by molar-refractivity contribution is 5.86. The minimum atomic E-state index is -2.11. The van der Waals surface area contributed by atoms with Gasteiger partial charge in [-0.2, -0.15) is 0 Å². The van der Waals surface area contributed by atoms with Gasteiger partial charge in [0.1, 0.15) is 5.76 Å². The molecule has 4 rings (SSSR count). The lowest BCUT2D eigenvalue weighted by Gasteiger charge is -2.58. The third-order valence-electron chi connectivity index (χ3n) is 8.29. The fourth-order valence-corrected chi connectivity index (χ4v) is 6.13. The summed E-state index contributed by atoms with van der Waals surface area (Å²) in [4.78, 5) is 49.0. The largest absolute Gasteiger partial charge is 0.493 e. The number of piperidine rings is 1. The Kier molecular flexibility index (Phi) is 7.85. The second-order valence-corrected chi connectivity index (χ2v) is 10.5. The van der Waals surface area contributed by atoms with Crippen LogP contribution in [-0.4, -0.2) is 99.9 Å². The quantitative estimate of drug-likeness (QED) is 0.304. The number of carboxylic acids is 2. The molecule has 1 spiro atoms. The highest BCUT2D eigenvalue weighted by atomic mass is 16.6. The summed E-state index contributed by atoms with van der Waals surface area (Å²) in [5.41, 5.74) is -0.668. The van der Waals surface area contributed by atoms with Gasteiger partial charge in [0.05, 0.1) is 31.0 Å². The number of benzene rings is 1. The van der Waals surface area contributed by atoms with Crippen molar-refractivity contribution in [3.63, 3.8) is 0 Å². The van der Waals surface area contributed by atoms with Crippen molar-refractivity contribution in [3.8, 4) is 11.5 Å². The minimum Gasteiger partial charge on any atom is -0.493 e. The van der Waals surface area contributed by atoms with Crippen molar-refractivity contribution in [1.82, 2.24) is 4.90 Å². The average molecular weight is 564 g/mol. The van der Waals surface area contributed by atoms with Gasteiger partial charge in [0.2, 0.25) is 6.10 Å². The number of nitrogens with zero attached hydrogens (tertiary/aromatic N) is 1. The van der Waals surface area contributed by atoms with E-state index in [9.17, 15) is 29.4 Å². The van der Waals surface area contributed by atoms with Crippen LogP contribution in [0.1, 0.15) is 43.7 Å². The molecule has 4 N–H and O–H groups in total. The number of carbonyl (C=O) groups excluding carboxylic acids is 2. The molecule has 0 unspecified atom stereocenters. The lowest BCUT2D eigenvalue weighted by Crippen LogP contribution is -2.71. The molecule has 2 heterocycles. The molecule has 3 aliphatic rings. The first-order valence-electron chi connectivity index (χ1n) is 12.8. The Balaban J connectivity index is 1.60. The first kappa shape index (κ1) is 29.3. The fourth-order valence-electron chi connectivity index (χ4n) is 6.13. The summed E-state index contributed by atoms with van der Waals surface area (Å²) < 4.78 is 22.1. The molecule has 0 bridgehead atoms. The second-order valence-electron chi connectivity index (χ2n) is 10.5. The third kappa shape index (κ3) is 4.67. The summed E-state index contributed by atoms with van der Waals surface area (Å²) in [5, 5.41) is 40.3. The van der Waals surface area contributed by atoms with E-state index in [0.717, 1.165) is 11.1 Å². The first-order valence-corrected chi connectivity index (χ1v) is 12.8. The Morgan fingerprint density at radius 3 is 2.52 bits per heavy atom. The third-order valence-corrected chi connectivity index (χ3v) is 8.29. The van der Waals surface area contributed by atoms with Gasteiger partial charge in [-0.25, -0.2) is 9.59 Å². The van der Waals surface area contributed by atoms with Crippen LogP contribution in [-0.2, 0) is 34.1 Å².